The molecule has 2 heterocycles. The molecule has 0 saturated carbocycles. The molecule has 1 aromatic carbocycles. The van der Waals surface area contributed by atoms with Crippen molar-refractivity contribution in [1.82, 2.24) is 19.9 Å². The Morgan fingerprint density at radius 2 is 1.95 bits per heavy atom. The van der Waals surface area contributed by atoms with Crippen LogP contribution >= 0.6 is 23.2 Å². The quantitative estimate of drug-likeness (QED) is 0.723. The Morgan fingerprint density at radius 3 is 2.62 bits per heavy atom. The molecule has 0 saturated heterocycles. The number of aromatic nitrogens is 4. The third-order valence-corrected chi connectivity index (χ3v) is 4.18. The van der Waals surface area contributed by atoms with Crippen LogP contribution in [0.2, 0.25) is 10.0 Å². The molecule has 0 aliphatic carbocycles. The number of imidazole rings is 1. The van der Waals surface area contributed by atoms with Gasteiger partial charge in [0, 0.05) is 16.8 Å². The number of nitrogens with zero attached hydrogens (tertiary/aromatic N) is 3. The summed E-state index contributed by atoms with van der Waals surface area (Å²) >= 11 is 12.0. The molecule has 2 aromatic heterocycles. The molecule has 0 spiro atoms. The fraction of sp³-hybridized carbons (Fsp3) is 0.0833. The molecule has 108 valence electrons. The molecule has 0 aliphatic heterocycles. The molecule has 0 unspecified atom stereocenters. The third-order valence-electron chi connectivity index (χ3n) is 2.78. The molecule has 6 nitrogen and oxygen atoms in total. The second kappa shape index (κ2) is 4.94. The first-order valence-electron chi connectivity index (χ1n) is 5.73. The summed E-state index contributed by atoms with van der Waals surface area (Å²) in [5, 5.41) is 0.529. The zero-order chi connectivity index (χ0) is 15.2. The van der Waals surface area contributed by atoms with Gasteiger partial charge >= 0.3 is 0 Å². The maximum atomic E-state index is 11.7. The number of benzene rings is 1. The highest BCUT2D eigenvalue weighted by atomic mass is 35.5. The summed E-state index contributed by atoms with van der Waals surface area (Å²) in [5.74, 6) is 0. The van der Waals surface area contributed by atoms with E-state index >= 15 is 0 Å². The molecule has 21 heavy (non-hydrogen) atoms. The van der Waals surface area contributed by atoms with Crippen LogP contribution in [0.4, 0.5) is 0 Å². The fourth-order valence-electron chi connectivity index (χ4n) is 1.86. The Balaban J connectivity index is 2.38. The lowest BCUT2D eigenvalue weighted by molar-refractivity contribution is 0.594. The number of nitrogens with one attached hydrogen (secondary N) is 1. The Hall–Kier alpha value is -1.70. The van der Waals surface area contributed by atoms with Crippen molar-refractivity contribution in [3.05, 3.63) is 34.6 Å². The maximum absolute atomic E-state index is 11.7. The average Bonchev–Trinajstić information content (AvgIpc) is 2.85. The topological polar surface area (TPSA) is 88.6 Å². The van der Waals surface area contributed by atoms with Crippen LogP contribution in [0.25, 0.3) is 22.4 Å². The SMILES string of the molecule is CS(=O)(=O)c1nc(-c2ccc(Cl)cc2Cl)c2[nH]cnc2n1. The summed E-state index contributed by atoms with van der Waals surface area (Å²) in [6.45, 7) is 0. The summed E-state index contributed by atoms with van der Waals surface area (Å²) in [7, 11) is -3.57. The smallest absolute Gasteiger partial charge is 0.249 e. The van der Waals surface area contributed by atoms with Crippen molar-refractivity contribution in [2.45, 2.75) is 5.16 Å². The lowest BCUT2D eigenvalue weighted by Crippen LogP contribution is -2.05. The highest BCUT2D eigenvalue weighted by Gasteiger charge is 2.19. The standard InChI is InChI=1S/C12H8Cl2N4O2S/c1-21(19,20)12-17-9(10-11(18-12)16-5-15-10)7-3-2-6(13)4-8(7)14/h2-5H,1H3,(H,15,16,17,18). The average molecular weight is 343 g/mol. The van der Waals surface area contributed by atoms with Gasteiger partial charge in [-0.15, -0.1) is 0 Å². The van der Waals surface area contributed by atoms with E-state index in [9.17, 15) is 8.42 Å². The molecule has 0 bridgehead atoms. The van der Waals surface area contributed by atoms with Gasteiger partial charge in [-0.1, -0.05) is 23.2 Å². The van der Waals surface area contributed by atoms with Gasteiger partial charge in [-0.05, 0) is 18.2 Å². The summed E-state index contributed by atoms with van der Waals surface area (Å²) < 4.78 is 23.4. The van der Waals surface area contributed by atoms with E-state index < -0.39 is 9.84 Å². The summed E-state index contributed by atoms with van der Waals surface area (Å²) in [4.78, 5) is 14.9. The number of H-pyrrole nitrogens is 1. The Labute approximate surface area is 130 Å². The largest absolute Gasteiger partial charge is 0.341 e. The van der Waals surface area contributed by atoms with Crippen molar-refractivity contribution in [3.63, 3.8) is 0 Å². The van der Waals surface area contributed by atoms with Gasteiger partial charge in [0.15, 0.2) is 5.65 Å². The zero-order valence-corrected chi connectivity index (χ0v) is 13.0. The molecular formula is C12H8Cl2N4O2S. The van der Waals surface area contributed by atoms with Crippen molar-refractivity contribution >= 4 is 44.2 Å². The molecule has 0 amide bonds. The van der Waals surface area contributed by atoms with Crippen molar-refractivity contribution in [2.24, 2.45) is 0 Å². The number of hydrogen-bond donors (Lipinski definition) is 1. The molecule has 0 radical (unpaired) electrons. The number of rotatable bonds is 2. The second-order valence-corrected chi connectivity index (χ2v) is 7.11. The highest BCUT2D eigenvalue weighted by Crippen LogP contribution is 2.32. The fourth-order valence-corrected chi connectivity index (χ4v) is 2.86. The molecule has 0 aliphatic rings. The monoisotopic (exact) mass is 342 g/mol. The van der Waals surface area contributed by atoms with Crippen LogP contribution < -0.4 is 0 Å². The minimum absolute atomic E-state index is 0.256. The van der Waals surface area contributed by atoms with Gasteiger partial charge in [-0.25, -0.2) is 18.4 Å². The van der Waals surface area contributed by atoms with E-state index in [2.05, 4.69) is 19.9 Å². The second-order valence-electron chi connectivity index (χ2n) is 4.35. The number of aromatic amines is 1. The van der Waals surface area contributed by atoms with Crippen LogP contribution in [-0.4, -0.2) is 34.6 Å². The molecule has 3 aromatic rings. The number of halogens is 2. The molecule has 0 atom stereocenters. The maximum Gasteiger partial charge on any atom is 0.249 e. The van der Waals surface area contributed by atoms with E-state index in [1.807, 2.05) is 0 Å². The van der Waals surface area contributed by atoms with E-state index in [1.54, 1.807) is 18.2 Å². The van der Waals surface area contributed by atoms with Crippen molar-refractivity contribution < 1.29 is 8.42 Å². The van der Waals surface area contributed by atoms with Gasteiger partial charge < -0.3 is 4.98 Å². The number of fused-ring (bicyclic) bond motifs is 1. The molecule has 1 N–H and O–H groups in total. The zero-order valence-electron chi connectivity index (χ0n) is 10.6. The first kappa shape index (κ1) is 14.2. The number of sulfone groups is 1. The third kappa shape index (κ3) is 2.59. The highest BCUT2D eigenvalue weighted by molar-refractivity contribution is 7.90. The van der Waals surface area contributed by atoms with Gasteiger partial charge in [0.05, 0.1) is 11.3 Å². The Bertz CT molecular complexity index is 953. The minimum atomic E-state index is -3.57. The van der Waals surface area contributed by atoms with E-state index in [1.165, 1.54) is 6.33 Å². The first-order valence-corrected chi connectivity index (χ1v) is 8.37. The van der Waals surface area contributed by atoms with E-state index in [0.717, 1.165) is 6.26 Å². The normalized spacial score (nSPS) is 12.0. The molecular weight excluding hydrogens is 335 g/mol. The summed E-state index contributed by atoms with van der Waals surface area (Å²) in [6.07, 6.45) is 2.45. The summed E-state index contributed by atoms with van der Waals surface area (Å²) in [5.41, 5.74) is 1.67. The lowest BCUT2D eigenvalue weighted by atomic mass is 10.1. The molecule has 0 fully saturated rings. The van der Waals surface area contributed by atoms with E-state index in [-0.39, 0.29) is 10.8 Å². The molecule has 3 rings (SSSR count). The van der Waals surface area contributed by atoms with Crippen LogP contribution in [0.5, 0.6) is 0 Å². The van der Waals surface area contributed by atoms with Crippen molar-refractivity contribution in [1.29, 1.82) is 0 Å². The Kier molecular flexibility index (Phi) is 3.35. The molecule has 9 heteroatoms. The predicted molar refractivity (Wildman–Crippen MR) is 80.2 cm³/mol. The predicted octanol–water partition coefficient (Wildman–Crippen LogP) is 2.73. The van der Waals surface area contributed by atoms with Crippen LogP contribution in [0.1, 0.15) is 0 Å². The van der Waals surface area contributed by atoms with Gasteiger partial charge in [0.1, 0.15) is 11.2 Å². The minimum Gasteiger partial charge on any atom is -0.341 e. The van der Waals surface area contributed by atoms with Gasteiger partial charge in [-0.2, -0.15) is 4.98 Å². The van der Waals surface area contributed by atoms with Crippen LogP contribution in [0, 0.1) is 0 Å². The van der Waals surface area contributed by atoms with Crippen molar-refractivity contribution in [2.75, 3.05) is 6.26 Å². The van der Waals surface area contributed by atoms with Crippen LogP contribution in [0.3, 0.4) is 0 Å². The Morgan fingerprint density at radius 1 is 1.19 bits per heavy atom. The lowest BCUT2D eigenvalue weighted by Gasteiger charge is -2.07. The van der Waals surface area contributed by atoms with Gasteiger partial charge in [0.2, 0.25) is 15.0 Å². The van der Waals surface area contributed by atoms with Crippen LogP contribution in [-0.2, 0) is 9.84 Å². The van der Waals surface area contributed by atoms with Gasteiger partial charge in [0.25, 0.3) is 0 Å². The van der Waals surface area contributed by atoms with E-state index in [4.69, 9.17) is 23.2 Å². The van der Waals surface area contributed by atoms with Crippen LogP contribution in [0.15, 0.2) is 29.7 Å². The van der Waals surface area contributed by atoms with E-state index in [0.29, 0.717) is 26.8 Å². The van der Waals surface area contributed by atoms with Gasteiger partial charge in [-0.3, -0.25) is 0 Å². The summed E-state index contributed by atoms with van der Waals surface area (Å²) in [6, 6.07) is 4.87. The van der Waals surface area contributed by atoms with Crippen molar-refractivity contribution in [3.8, 4) is 11.3 Å². The number of hydrogen-bond acceptors (Lipinski definition) is 5. The first-order chi connectivity index (χ1) is 9.86.